The maximum absolute atomic E-state index is 12.3. The Balaban J connectivity index is 1.54. The number of ether oxygens (including phenoxy) is 2. The number of aliphatic hydroxyl groups is 1. The Hall–Kier alpha value is -2.42. The molecule has 3 N–H and O–H groups in total. The Morgan fingerprint density at radius 2 is 1.88 bits per heavy atom. The molecule has 3 saturated carbocycles. The van der Waals surface area contributed by atoms with E-state index in [-0.39, 0.29) is 24.4 Å². The number of methoxy groups -OCH3 is 1. The second-order valence-electron chi connectivity index (χ2n) is 7.08. The van der Waals surface area contributed by atoms with E-state index in [0.717, 1.165) is 0 Å². The number of aliphatic hydroxyl groups excluding tert-OH is 1. The Bertz CT molecular complexity index is 670. The molecule has 1 heterocycles. The highest BCUT2D eigenvalue weighted by molar-refractivity contribution is 5.78. The zero-order chi connectivity index (χ0) is 18.8. The number of aromatic nitrogens is 2. The van der Waals surface area contributed by atoms with E-state index in [9.17, 15) is 14.7 Å². The van der Waals surface area contributed by atoms with Gasteiger partial charge in [-0.15, -0.1) is 0 Å². The fraction of sp³-hybridized carbons (Fsp3) is 0.647. The predicted molar refractivity (Wildman–Crippen MR) is 90.6 cm³/mol. The van der Waals surface area contributed by atoms with Gasteiger partial charge in [0.2, 0.25) is 5.91 Å². The minimum atomic E-state index is -0.676. The molecule has 3 aliphatic rings. The summed E-state index contributed by atoms with van der Waals surface area (Å²) in [7, 11) is 1.46. The van der Waals surface area contributed by atoms with Crippen molar-refractivity contribution in [3.05, 3.63) is 12.4 Å². The SMILES string of the molecule is COc1ncc(OCC(=O)NC23CCC(NC(C)=O)(CC2)[C@@H](O)C3)cn1. The van der Waals surface area contributed by atoms with Gasteiger partial charge in [-0.25, -0.2) is 0 Å². The highest BCUT2D eigenvalue weighted by Crippen LogP contribution is 2.47. The molecule has 142 valence electrons. The molecule has 1 atom stereocenters. The van der Waals surface area contributed by atoms with Crippen LogP contribution in [0.25, 0.3) is 0 Å². The number of nitrogens with zero attached hydrogens (tertiary/aromatic N) is 2. The number of fused-ring (bicyclic) bond motifs is 3. The van der Waals surface area contributed by atoms with Crippen LogP contribution in [0.1, 0.15) is 39.0 Å². The smallest absolute Gasteiger partial charge is 0.316 e. The molecular formula is C17H24N4O5. The van der Waals surface area contributed by atoms with Crippen molar-refractivity contribution >= 4 is 11.8 Å². The molecule has 3 fully saturated rings. The first-order valence-corrected chi connectivity index (χ1v) is 8.63. The highest BCUT2D eigenvalue weighted by atomic mass is 16.5. The van der Waals surface area contributed by atoms with Crippen LogP contribution in [0, 0.1) is 0 Å². The molecule has 3 aliphatic carbocycles. The zero-order valence-electron chi connectivity index (χ0n) is 14.9. The van der Waals surface area contributed by atoms with Crippen molar-refractivity contribution < 1.29 is 24.2 Å². The zero-order valence-corrected chi connectivity index (χ0v) is 14.9. The largest absolute Gasteiger partial charge is 0.481 e. The van der Waals surface area contributed by atoms with Crippen LogP contribution in [0.4, 0.5) is 0 Å². The molecule has 0 aliphatic heterocycles. The standard InChI is InChI=1S/C17H24N4O5/c1-11(22)20-17-5-3-16(4-6-17,7-13(17)23)21-14(24)10-26-12-8-18-15(25-2)19-9-12/h8-9,13,23H,3-7,10H2,1-2H3,(H,20,22)(H,21,24)/t13-,16?,17?/m0/s1. The molecular weight excluding hydrogens is 340 g/mol. The summed E-state index contributed by atoms with van der Waals surface area (Å²) in [4.78, 5) is 31.6. The van der Waals surface area contributed by atoms with E-state index in [0.29, 0.717) is 37.9 Å². The minimum absolute atomic E-state index is 0.141. The average Bonchev–Trinajstić information content (AvgIpc) is 2.61. The van der Waals surface area contributed by atoms with Gasteiger partial charge in [-0.2, -0.15) is 9.97 Å². The van der Waals surface area contributed by atoms with Crippen LogP contribution in [0.5, 0.6) is 11.8 Å². The van der Waals surface area contributed by atoms with Gasteiger partial charge >= 0.3 is 6.01 Å². The summed E-state index contributed by atoms with van der Waals surface area (Å²) in [5, 5.41) is 16.4. The minimum Gasteiger partial charge on any atom is -0.481 e. The normalized spacial score (nSPS) is 29.7. The molecule has 0 spiro atoms. The van der Waals surface area contributed by atoms with Gasteiger partial charge in [0, 0.05) is 12.5 Å². The van der Waals surface area contributed by atoms with Gasteiger partial charge in [-0.1, -0.05) is 0 Å². The van der Waals surface area contributed by atoms with Gasteiger partial charge in [-0.05, 0) is 32.1 Å². The fourth-order valence-corrected chi connectivity index (χ4v) is 3.98. The molecule has 9 heteroatoms. The summed E-state index contributed by atoms with van der Waals surface area (Å²) < 4.78 is 10.3. The van der Waals surface area contributed by atoms with Crippen molar-refractivity contribution in [2.75, 3.05) is 13.7 Å². The van der Waals surface area contributed by atoms with Crippen molar-refractivity contribution in [2.45, 2.75) is 56.2 Å². The summed E-state index contributed by atoms with van der Waals surface area (Å²) in [5.74, 6) is -0.0324. The third-order valence-electron chi connectivity index (χ3n) is 5.31. The predicted octanol–water partition coefficient (Wildman–Crippen LogP) is -0.0675. The Kier molecular flexibility index (Phi) is 4.99. The molecule has 9 nitrogen and oxygen atoms in total. The van der Waals surface area contributed by atoms with Crippen LogP contribution < -0.4 is 20.1 Å². The molecule has 2 amide bonds. The molecule has 2 bridgehead atoms. The quantitative estimate of drug-likeness (QED) is 0.646. The average molecular weight is 364 g/mol. The van der Waals surface area contributed by atoms with Crippen LogP contribution in [-0.2, 0) is 9.59 Å². The number of carbonyl (C=O) groups excluding carboxylic acids is 2. The molecule has 4 rings (SSSR count). The maximum Gasteiger partial charge on any atom is 0.316 e. The van der Waals surface area contributed by atoms with Gasteiger partial charge in [0.05, 0.1) is 31.1 Å². The Morgan fingerprint density at radius 3 is 2.42 bits per heavy atom. The van der Waals surface area contributed by atoms with Crippen molar-refractivity contribution in [2.24, 2.45) is 0 Å². The third-order valence-corrected chi connectivity index (χ3v) is 5.31. The number of carbonyl (C=O) groups is 2. The molecule has 0 unspecified atom stereocenters. The van der Waals surface area contributed by atoms with Crippen LogP contribution >= 0.6 is 0 Å². The van der Waals surface area contributed by atoms with Gasteiger partial charge in [-0.3, -0.25) is 9.59 Å². The van der Waals surface area contributed by atoms with E-state index in [1.807, 2.05) is 0 Å². The van der Waals surface area contributed by atoms with Gasteiger partial charge < -0.3 is 25.2 Å². The third kappa shape index (κ3) is 3.72. The van der Waals surface area contributed by atoms with Crippen LogP contribution in [0.2, 0.25) is 0 Å². The molecule has 1 aromatic rings. The lowest BCUT2D eigenvalue weighted by atomic mass is 9.60. The van der Waals surface area contributed by atoms with E-state index in [4.69, 9.17) is 9.47 Å². The molecule has 1 aromatic heterocycles. The number of nitrogens with one attached hydrogen (secondary N) is 2. The lowest BCUT2D eigenvalue weighted by Crippen LogP contribution is -2.70. The second-order valence-corrected chi connectivity index (χ2v) is 7.08. The van der Waals surface area contributed by atoms with E-state index in [2.05, 4.69) is 20.6 Å². The van der Waals surface area contributed by atoms with E-state index in [1.54, 1.807) is 0 Å². The van der Waals surface area contributed by atoms with Crippen molar-refractivity contribution in [3.63, 3.8) is 0 Å². The summed E-state index contributed by atoms with van der Waals surface area (Å²) >= 11 is 0. The maximum atomic E-state index is 12.3. The van der Waals surface area contributed by atoms with Crippen molar-refractivity contribution in [1.29, 1.82) is 0 Å². The molecule has 0 radical (unpaired) electrons. The topological polar surface area (TPSA) is 123 Å². The van der Waals surface area contributed by atoms with Gasteiger partial charge in [0.1, 0.15) is 0 Å². The Morgan fingerprint density at radius 1 is 1.23 bits per heavy atom. The molecule has 0 saturated heterocycles. The van der Waals surface area contributed by atoms with Crippen LogP contribution in [0.3, 0.4) is 0 Å². The van der Waals surface area contributed by atoms with E-state index >= 15 is 0 Å². The van der Waals surface area contributed by atoms with Crippen molar-refractivity contribution in [1.82, 2.24) is 20.6 Å². The second kappa shape index (κ2) is 7.06. The fourth-order valence-electron chi connectivity index (χ4n) is 3.98. The molecule has 26 heavy (non-hydrogen) atoms. The number of rotatable bonds is 6. The summed E-state index contributed by atoms with van der Waals surface area (Å²) in [6.45, 7) is 1.30. The van der Waals surface area contributed by atoms with Crippen LogP contribution in [0.15, 0.2) is 12.4 Å². The summed E-state index contributed by atoms with van der Waals surface area (Å²) in [5.41, 5.74) is -1.01. The first-order valence-electron chi connectivity index (χ1n) is 8.63. The van der Waals surface area contributed by atoms with Crippen molar-refractivity contribution in [3.8, 4) is 11.8 Å². The van der Waals surface area contributed by atoms with E-state index in [1.165, 1.54) is 26.4 Å². The first-order chi connectivity index (χ1) is 12.4. The monoisotopic (exact) mass is 364 g/mol. The lowest BCUT2D eigenvalue weighted by Gasteiger charge is -2.56. The highest BCUT2D eigenvalue weighted by Gasteiger charge is 2.55. The van der Waals surface area contributed by atoms with Gasteiger partial charge in [0.15, 0.2) is 12.4 Å². The number of hydrogen-bond acceptors (Lipinski definition) is 7. The lowest BCUT2D eigenvalue weighted by molar-refractivity contribution is -0.134. The summed E-state index contributed by atoms with van der Waals surface area (Å²) in [6, 6.07) is 0.224. The number of amides is 2. The van der Waals surface area contributed by atoms with Crippen LogP contribution in [-0.4, -0.2) is 57.8 Å². The summed E-state index contributed by atoms with van der Waals surface area (Å²) in [6.07, 6.45) is 5.32. The first kappa shape index (κ1) is 18.4. The van der Waals surface area contributed by atoms with E-state index < -0.39 is 17.2 Å². The number of hydrogen-bond donors (Lipinski definition) is 3. The van der Waals surface area contributed by atoms with Gasteiger partial charge in [0.25, 0.3) is 5.91 Å². The Labute approximate surface area is 151 Å². The molecule has 0 aromatic carbocycles.